The summed E-state index contributed by atoms with van der Waals surface area (Å²) in [6.45, 7) is 3.17. The molecule has 1 aliphatic carbocycles. The van der Waals surface area contributed by atoms with Gasteiger partial charge in [0.1, 0.15) is 0 Å². The fourth-order valence-electron chi connectivity index (χ4n) is 2.54. The molecule has 1 unspecified atom stereocenters. The van der Waals surface area contributed by atoms with Gasteiger partial charge in [0.2, 0.25) is 0 Å². The fraction of sp³-hybridized carbons (Fsp3) is 0.429. The molecule has 0 spiro atoms. The maximum atomic E-state index is 3.72. The SMILES string of the molecule is Cc1ccc(CNC2CCCc3sc(Br)cc32)s1. The van der Waals surface area contributed by atoms with E-state index in [2.05, 4.69) is 46.4 Å². The van der Waals surface area contributed by atoms with E-state index in [1.807, 2.05) is 22.7 Å². The standard InChI is InChI=1S/C14H16BrNS2/c1-9-5-6-10(17-9)8-16-12-3-2-4-13-11(12)7-14(15)18-13/h5-7,12,16H,2-4,8H2,1H3. The molecule has 1 N–H and O–H groups in total. The highest BCUT2D eigenvalue weighted by molar-refractivity contribution is 9.11. The zero-order valence-corrected chi connectivity index (χ0v) is 13.6. The highest BCUT2D eigenvalue weighted by Crippen LogP contribution is 2.38. The second-order valence-electron chi connectivity index (χ2n) is 4.77. The molecule has 0 radical (unpaired) electrons. The molecule has 0 aromatic carbocycles. The number of rotatable bonds is 3. The first-order chi connectivity index (χ1) is 8.72. The van der Waals surface area contributed by atoms with Crippen molar-refractivity contribution in [3.63, 3.8) is 0 Å². The lowest BCUT2D eigenvalue weighted by Gasteiger charge is -2.23. The Hall–Kier alpha value is -0.160. The second-order valence-corrected chi connectivity index (χ2v) is 8.66. The summed E-state index contributed by atoms with van der Waals surface area (Å²) in [4.78, 5) is 4.40. The number of hydrogen-bond acceptors (Lipinski definition) is 3. The van der Waals surface area contributed by atoms with E-state index < -0.39 is 0 Å². The smallest absolute Gasteiger partial charge is 0.0704 e. The van der Waals surface area contributed by atoms with Crippen molar-refractivity contribution in [2.45, 2.75) is 38.8 Å². The number of hydrogen-bond donors (Lipinski definition) is 1. The molecule has 2 heterocycles. The predicted molar refractivity (Wildman–Crippen MR) is 83.6 cm³/mol. The summed E-state index contributed by atoms with van der Waals surface area (Å²) < 4.78 is 1.27. The Kier molecular flexibility index (Phi) is 3.89. The third-order valence-electron chi connectivity index (χ3n) is 3.40. The van der Waals surface area contributed by atoms with Crippen molar-refractivity contribution in [3.05, 3.63) is 42.2 Å². The van der Waals surface area contributed by atoms with E-state index in [0.717, 1.165) is 6.54 Å². The molecule has 96 valence electrons. The Bertz CT molecular complexity index is 544. The highest BCUT2D eigenvalue weighted by Gasteiger charge is 2.22. The van der Waals surface area contributed by atoms with Gasteiger partial charge in [-0.1, -0.05) is 0 Å². The van der Waals surface area contributed by atoms with Gasteiger partial charge in [-0.05, 0) is 65.9 Å². The topological polar surface area (TPSA) is 12.0 Å². The molecule has 0 saturated heterocycles. The zero-order valence-electron chi connectivity index (χ0n) is 10.3. The van der Waals surface area contributed by atoms with Crippen LogP contribution in [-0.4, -0.2) is 0 Å². The summed E-state index contributed by atoms with van der Waals surface area (Å²) in [6.07, 6.45) is 3.82. The van der Waals surface area contributed by atoms with Crippen molar-refractivity contribution < 1.29 is 0 Å². The van der Waals surface area contributed by atoms with Crippen molar-refractivity contribution in [1.82, 2.24) is 5.32 Å². The highest BCUT2D eigenvalue weighted by atomic mass is 79.9. The van der Waals surface area contributed by atoms with Crippen LogP contribution in [0, 0.1) is 6.92 Å². The third kappa shape index (κ3) is 2.72. The molecule has 0 bridgehead atoms. The summed E-state index contributed by atoms with van der Waals surface area (Å²) in [7, 11) is 0. The van der Waals surface area contributed by atoms with E-state index in [1.165, 1.54) is 38.4 Å². The summed E-state index contributed by atoms with van der Waals surface area (Å²) in [5.74, 6) is 0. The van der Waals surface area contributed by atoms with Crippen molar-refractivity contribution in [1.29, 1.82) is 0 Å². The van der Waals surface area contributed by atoms with Crippen molar-refractivity contribution in [3.8, 4) is 0 Å². The average Bonchev–Trinajstić information content (AvgIpc) is 2.91. The molecular formula is C14H16BrNS2. The quantitative estimate of drug-likeness (QED) is 0.823. The van der Waals surface area contributed by atoms with Crippen LogP contribution in [0.1, 0.15) is 39.1 Å². The van der Waals surface area contributed by atoms with Crippen LogP contribution < -0.4 is 5.32 Å². The monoisotopic (exact) mass is 341 g/mol. The first-order valence-corrected chi connectivity index (χ1v) is 8.72. The number of thiophene rings is 2. The summed E-state index contributed by atoms with van der Waals surface area (Å²) in [6, 6.07) is 7.28. The Morgan fingerprint density at radius 2 is 2.28 bits per heavy atom. The maximum Gasteiger partial charge on any atom is 0.0704 e. The lowest BCUT2D eigenvalue weighted by atomic mass is 9.94. The average molecular weight is 342 g/mol. The normalized spacial score (nSPS) is 18.9. The first kappa shape index (κ1) is 12.9. The lowest BCUT2D eigenvalue weighted by molar-refractivity contribution is 0.465. The van der Waals surface area contributed by atoms with Gasteiger partial charge < -0.3 is 5.32 Å². The van der Waals surface area contributed by atoms with Gasteiger partial charge in [0, 0.05) is 27.2 Å². The second kappa shape index (κ2) is 5.45. The van der Waals surface area contributed by atoms with E-state index in [9.17, 15) is 0 Å². The Morgan fingerprint density at radius 3 is 3.06 bits per heavy atom. The largest absolute Gasteiger partial charge is 0.305 e. The van der Waals surface area contributed by atoms with Gasteiger partial charge in [-0.25, -0.2) is 0 Å². The third-order valence-corrected chi connectivity index (χ3v) is 6.12. The van der Waals surface area contributed by atoms with Crippen molar-refractivity contribution in [2.24, 2.45) is 0 Å². The first-order valence-electron chi connectivity index (χ1n) is 6.29. The van der Waals surface area contributed by atoms with Crippen LogP contribution in [0.25, 0.3) is 0 Å². The van der Waals surface area contributed by atoms with Gasteiger partial charge in [-0.3, -0.25) is 0 Å². The van der Waals surface area contributed by atoms with Crippen LogP contribution >= 0.6 is 38.6 Å². The molecule has 2 aromatic heterocycles. The molecule has 4 heteroatoms. The van der Waals surface area contributed by atoms with Crippen molar-refractivity contribution >= 4 is 38.6 Å². The fourth-order valence-corrected chi connectivity index (χ4v) is 5.20. The van der Waals surface area contributed by atoms with E-state index in [4.69, 9.17) is 0 Å². The minimum absolute atomic E-state index is 0.540. The van der Waals surface area contributed by atoms with Gasteiger partial charge >= 0.3 is 0 Å². The molecule has 0 amide bonds. The molecule has 1 nitrogen and oxygen atoms in total. The molecule has 0 aliphatic heterocycles. The molecule has 1 aliphatic rings. The van der Waals surface area contributed by atoms with Crippen LogP contribution in [0.5, 0.6) is 0 Å². The molecular weight excluding hydrogens is 326 g/mol. The minimum atomic E-state index is 0.540. The van der Waals surface area contributed by atoms with Gasteiger partial charge in [-0.15, -0.1) is 22.7 Å². The van der Waals surface area contributed by atoms with E-state index in [-0.39, 0.29) is 0 Å². The van der Waals surface area contributed by atoms with Gasteiger partial charge in [0.15, 0.2) is 0 Å². The molecule has 2 aromatic rings. The molecule has 0 saturated carbocycles. The van der Waals surface area contributed by atoms with Crippen LogP contribution in [-0.2, 0) is 13.0 Å². The summed E-state index contributed by atoms with van der Waals surface area (Å²) in [5, 5.41) is 3.72. The zero-order chi connectivity index (χ0) is 12.5. The van der Waals surface area contributed by atoms with E-state index in [1.54, 1.807) is 4.88 Å². The van der Waals surface area contributed by atoms with Gasteiger partial charge in [0.05, 0.1) is 3.79 Å². The minimum Gasteiger partial charge on any atom is -0.305 e. The van der Waals surface area contributed by atoms with Gasteiger partial charge in [0.25, 0.3) is 0 Å². The van der Waals surface area contributed by atoms with Crippen LogP contribution in [0.4, 0.5) is 0 Å². The molecule has 1 atom stereocenters. The van der Waals surface area contributed by atoms with E-state index in [0.29, 0.717) is 6.04 Å². The number of halogens is 1. The molecule has 3 rings (SSSR count). The predicted octanol–water partition coefficient (Wildman–Crippen LogP) is 5.05. The number of nitrogens with one attached hydrogen (secondary N) is 1. The van der Waals surface area contributed by atoms with Crippen LogP contribution in [0.3, 0.4) is 0 Å². The number of aryl methyl sites for hydroxylation is 2. The van der Waals surface area contributed by atoms with Gasteiger partial charge in [-0.2, -0.15) is 0 Å². The summed E-state index contributed by atoms with van der Waals surface area (Å²) in [5.41, 5.74) is 1.52. The van der Waals surface area contributed by atoms with Crippen molar-refractivity contribution in [2.75, 3.05) is 0 Å². The number of fused-ring (bicyclic) bond motifs is 1. The maximum absolute atomic E-state index is 3.72. The molecule has 0 fully saturated rings. The lowest BCUT2D eigenvalue weighted by Crippen LogP contribution is -2.23. The van der Waals surface area contributed by atoms with Crippen LogP contribution in [0.15, 0.2) is 22.0 Å². The Morgan fingerprint density at radius 1 is 1.39 bits per heavy atom. The van der Waals surface area contributed by atoms with Crippen LogP contribution in [0.2, 0.25) is 0 Å². The molecule has 18 heavy (non-hydrogen) atoms. The summed E-state index contributed by atoms with van der Waals surface area (Å²) >= 11 is 7.40. The van der Waals surface area contributed by atoms with E-state index >= 15 is 0 Å². The Labute approximate surface area is 124 Å². The Balaban J connectivity index is 1.70.